The fourth-order valence-electron chi connectivity index (χ4n) is 2.70. The Bertz CT molecular complexity index is 958. The maximum atomic E-state index is 5.20. The van der Waals surface area contributed by atoms with Gasteiger partial charge in [-0.1, -0.05) is 88.2 Å². The second kappa shape index (κ2) is 14.8. The van der Waals surface area contributed by atoms with Crippen molar-refractivity contribution in [3.63, 3.8) is 0 Å². The first-order valence-corrected chi connectivity index (χ1v) is 10.6. The molecule has 0 radical (unpaired) electrons. The number of aryl methyl sites for hydroxylation is 3. The van der Waals surface area contributed by atoms with Crippen LogP contribution in [0.1, 0.15) is 62.4 Å². The first kappa shape index (κ1) is 26.9. The molecule has 0 spiro atoms. The van der Waals surface area contributed by atoms with Crippen LogP contribution in [0.5, 0.6) is 0 Å². The first-order valence-electron chi connectivity index (χ1n) is 10.6. The number of pyridine rings is 1. The van der Waals surface area contributed by atoms with Gasteiger partial charge in [0.1, 0.15) is 0 Å². The van der Waals surface area contributed by atoms with Crippen molar-refractivity contribution in [1.82, 2.24) is 4.98 Å². The van der Waals surface area contributed by atoms with E-state index in [4.69, 9.17) is 6.42 Å². The van der Waals surface area contributed by atoms with Gasteiger partial charge in [0, 0.05) is 17.3 Å². The summed E-state index contributed by atoms with van der Waals surface area (Å²) in [7, 11) is 0. The third kappa shape index (κ3) is 8.10. The molecular formula is C29H37N. The van der Waals surface area contributed by atoms with Crippen molar-refractivity contribution in [3.8, 4) is 23.6 Å². The molecule has 0 N–H and O–H groups in total. The number of nitrogens with zero attached hydrogens (tertiary/aromatic N) is 1. The molecule has 0 saturated heterocycles. The molecule has 0 bridgehead atoms. The molecule has 1 heterocycles. The van der Waals surface area contributed by atoms with Crippen molar-refractivity contribution in [2.45, 2.75) is 55.4 Å². The molecule has 3 aromatic rings. The van der Waals surface area contributed by atoms with Crippen LogP contribution in [0, 0.1) is 33.1 Å². The molecule has 0 aliphatic heterocycles. The minimum Gasteiger partial charge on any atom is -0.256 e. The number of hydrogen-bond acceptors (Lipinski definition) is 1. The Hall–Kier alpha value is -3.11. The molecule has 1 heteroatoms. The fourth-order valence-corrected chi connectivity index (χ4v) is 2.70. The van der Waals surface area contributed by atoms with E-state index in [1.807, 2.05) is 78.1 Å². The molecule has 0 atom stereocenters. The Morgan fingerprint density at radius 3 is 1.90 bits per heavy atom. The van der Waals surface area contributed by atoms with E-state index in [2.05, 4.69) is 55.6 Å². The third-order valence-corrected chi connectivity index (χ3v) is 4.28. The van der Waals surface area contributed by atoms with Crippen LogP contribution < -0.4 is 0 Å². The van der Waals surface area contributed by atoms with E-state index in [1.165, 1.54) is 27.8 Å². The SMILES string of the molecule is C#Cc1ccccc1C.C=C(C)c1ccc(-c2ncccc2C)c(C)c1.CC.CC. The monoisotopic (exact) mass is 399 g/mol. The van der Waals surface area contributed by atoms with Crippen LogP contribution >= 0.6 is 0 Å². The molecule has 0 fully saturated rings. The predicted octanol–water partition coefficient (Wildman–Crippen LogP) is 8.43. The van der Waals surface area contributed by atoms with Gasteiger partial charge in [-0.2, -0.15) is 0 Å². The predicted molar refractivity (Wildman–Crippen MR) is 136 cm³/mol. The number of aromatic nitrogens is 1. The maximum Gasteiger partial charge on any atom is 0.0733 e. The van der Waals surface area contributed by atoms with Gasteiger partial charge >= 0.3 is 0 Å². The molecule has 0 amide bonds. The highest BCUT2D eigenvalue weighted by molar-refractivity contribution is 5.71. The normalized spacial score (nSPS) is 8.77. The van der Waals surface area contributed by atoms with Gasteiger partial charge in [-0.3, -0.25) is 4.98 Å². The number of hydrogen-bond donors (Lipinski definition) is 0. The zero-order chi connectivity index (χ0) is 23.1. The molecule has 2 aromatic carbocycles. The summed E-state index contributed by atoms with van der Waals surface area (Å²) in [5.41, 5.74) is 9.16. The molecule has 0 saturated carbocycles. The van der Waals surface area contributed by atoms with Gasteiger partial charge < -0.3 is 0 Å². The summed E-state index contributed by atoms with van der Waals surface area (Å²) < 4.78 is 0. The van der Waals surface area contributed by atoms with Gasteiger partial charge in [0.15, 0.2) is 0 Å². The van der Waals surface area contributed by atoms with Crippen LogP contribution in [-0.2, 0) is 0 Å². The molecular weight excluding hydrogens is 362 g/mol. The summed E-state index contributed by atoms with van der Waals surface area (Å²) in [6.07, 6.45) is 7.04. The zero-order valence-electron chi connectivity index (χ0n) is 20.0. The van der Waals surface area contributed by atoms with E-state index < -0.39 is 0 Å². The second-order valence-electron chi connectivity index (χ2n) is 6.44. The summed E-state index contributed by atoms with van der Waals surface area (Å²) in [5, 5.41) is 0. The van der Waals surface area contributed by atoms with Gasteiger partial charge in [0.25, 0.3) is 0 Å². The van der Waals surface area contributed by atoms with Crippen LogP contribution in [0.15, 0.2) is 67.4 Å². The largest absolute Gasteiger partial charge is 0.256 e. The number of terminal acetylenes is 1. The summed E-state index contributed by atoms with van der Waals surface area (Å²) in [6, 6.07) is 18.4. The van der Waals surface area contributed by atoms with Crippen molar-refractivity contribution < 1.29 is 0 Å². The van der Waals surface area contributed by atoms with Crippen LogP contribution in [-0.4, -0.2) is 4.98 Å². The smallest absolute Gasteiger partial charge is 0.0733 e. The van der Waals surface area contributed by atoms with Gasteiger partial charge in [0.05, 0.1) is 5.69 Å². The summed E-state index contributed by atoms with van der Waals surface area (Å²) in [6.45, 7) is 20.2. The molecule has 0 unspecified atom stereocenters. The average Bonchev–Trinajstić information content (AvgIpc) is 2.78. The Morgan fingerprint density at radius 1 is 0.833 bits per heavy atom. The van der Waals surface area contributed by atoms with Crippen LogP contribution in [0.3, 0.4) is 0 Å². The van der Waals surface area contributed by atoms with Gasteiger partial charge in [0.2, 0.25) is 0 Å². The quantitative estimate of drug-likeness (QED) is 0.394. The fraction of sp³-hybridized carbons (Fsp3) is 0.276. The lowest BCUT2D eigenvalue weighted by Gasteiger charge is -2.10. The van der Waals surface area contributed by atoms with Crippen molar-refractivity contribution in [3.05, 3.63) is 95.2 Å². The van der Waals surface area contributed by atoms with E-state index in [-0.39, 0.29) is 0 Å². The summed E-state index contributed by atoms with van der Waals surface area (Å²) in [5.74, 6) is 2.60. The zero-order valence-corrected chi connectivity index (χ0v) is 20.0. The Morgan fingerprint density at radius 2 is 1.43 bits per heavy atom. The van der Waals surface area contributed by atoms with Crippen molar-refractivity contribution in [1.29, 1.82) is 0 Å². The average molecular weight is 400 g/mol. The lowest BCUT2D eigenvalue weighted by Crippen LogP contribution is -1.91. The highest BCUT2D eigenvalue weighted by atomic mass is 14.7. The number of rotatable bonds is 2. The Kier molecular flexibility index (Phi) is 13.3. The van der Waals surface area contributed by atoms with Gasteiger partial charge in [-0.05, 0) is 62.1 Å². The van der Waals surface area contributed by atoms with Gasteiger partial charge in [-0.15, -0.1) is 6.42 Å². The molecule has 0 aliphatic rings. The standard InChI is InChI=1S/C16H17N.C9H8.2C2H6/c1-11(2)14-7-8-15(13(4)10-14)16-12(3)6-5-9-17-16;1-3-9-7-5-4-6-8(9)2;2*1-2/h5-10H,1H2,2-4H3;1,4-7H,2H3;2*1-2H3. The molecule has 0 aliphatic carbocycles. The van der Waals surface area contributed by atoms with E-state index in [0.29, 0.717) is 0 Å². The minimum absolute atomic E-state index is 0.984. The third-order valence-electron chi connectivity index (χ3n) is 4.28. The maximum absolute atomic E-state index is 5.20. The lowest BCUT2D eigenvalue weighted by atomic mass is 9.97. The van der Waals surface area contributed by atoms with Crippen LogP contribution in [0.4, 0.5) is 0 Å². The van der Waals surface area contributed by atoms with E-state index >= 15 is 0 Å². The van der Waals surface area contributed by atoms with Crippen LogP contribution in [0.25, 0.3) is 16.8 Å². The van der Waals surface area contributed by atoms with Crippen molar-refractivity contribution in [2.75, 3.05) is 0 Å². The summed E-state index contributed by atoms with van der Waals surface area (Å²) >= 11 is 0. The highest BCUT2D eigenvalue weighted by Gasteiger charge is 2.06. The molecule has 1 aromatic heterocycles. The number of allylic oxidation sites excluding steroid dienone is 1. The second-order valence-corrected chi connectivity index (χ2v) is 6.44. The first-order chi connectivity index (χ1) is 14.4. The molecule has 1 nitrogen and oxygen atoms in total. The Labute approximate surface area is 184 Å². The Balaban J connectivity index is 0.000000547. The van der Waals surface area contributed by atoms with Crippen molar-refractivity contribution >= 4 is 5.57 Å². The summed E-state index contributed by atoms with van der Waals surface area (Å²) in [4.78, 5) is 4.46. The topological polar surface area (TPSA) is 12.9 Å². The minimum atomic E-state index is 0.984. The van der Waals surface area contributed by atoms with Gasteiger partial charge in [-0.25, -0.2) is 0 Å². The molecule has 30 heavy (non-hydrogen) atoms. The molecule has 158 valence electrons. The van der Waals surface area contributed by atoms with Crippen molar-refractivity contribution in [2.24, 2.45) is 0 Å². The van der Waals surface area contributed by atoms with E-state index in [1.54, 1.807) is 0 Å². The highest BCUT2D eigenvalue weighted by Crippen LogP contribution is 2.26. The lowest BCUT2D eigenvalue weighted by molar-refractivity contribution is 1.25. The molecule has 3 rings (SSSR count). The number of benzene rings is 2. The van der Waals surface area contributed by atoms with E-state index in [9.17, 15) is 0 Å². The van der Waals surface area contributed by atoms with E-state index in [0.717, 1.165) is 16.8 Å². The van der Waals surface area contributed by atoms with Crippen LogP contribution in [0.2, 0.25) is 0 Å².